The van der Waals surface area contributed by atoms with Gasteiger partial charge >= 0.3 is 0 Å². The molecular weight excluding hydrogens is 430 g/mol. The number of nitrogens with one attached hydrogen (secondary N) is 2. The minimum Gasteiger partial charge on any atom is -0.494 e. The van der Waals surface area contributed by atoms with Gasteiger partial charge < -0.3 is 20.1 Å². The van der Waals surface area contributed by atoms with Crippen LogP contribution in [0.1, 0.15) is 18.1 Å². The van der Waals surface area contributed by atoms with E-state index in [0.717, 1.165) is 11.3 Å². The van der Waals surface area contributed by atoms with Crippen LogP contribution in [0.5, 0.6) is 11.5 Å². The Labute approximate surface area is 198 Å². The normalized spacial score (nSPS) is 10.7. The van der Waals surface area contributed by atoms with Gasteiger partial charge in [-0.2, -0.15) is 5.26 Å². The van der Waals surface area contributed by atoms with E-state index >= 15 is 0 Å². The van der Waals surface area contributed by atoms with Gasteiger partial charge in [0.15, 0.2) is 6.61 Å². The van der Waals surface area contributed by atoms with Crippen LogP contribution in [-0.4, -0.2) is 25.0 Å². The smallest absolute Gasteiger partial charge is 0.266 e. The van der Waals surface area contributed by atoms with Gasteiger partial charge in [-0.1, -0.05) is 30.3 Å². The Morgan fingerprint density at radius 3 is 2.41 bits per heavy atom. The third-order valence-corrected chi connectivity index (χ3v) is 4.75. The Balaban J connectivity index is 1.62. The largest absolute Gasteiger partial charge is 0.494 e. The van der Waals surface area contributed by atoms with E-state index in [-0.39, 0.29) is 18.1 Å². The van der Waals surface area contributed by atoms with Crippen LogP contribution in [0, 0.1) is 18.3 Å². The second kappa shape index (κ2) is 11.9. The van der Waals surface area contributed by atoms with E-state index in [9.17, 15) is 14.9 Å². The Morgan fingerprint density at radius 1 is 0.941 bits per heavy atom. The summed E-state index contributed by atoms with van der Waals surface area (Å²) < 4.78 is 11.0. The molecule has 0 fully saturated rings. The van der Waals surface area contributed by atoms with Gasteiger partial charge in [-0.25, -0.2) is 0 Å². The summed E-state index contributed by atoms with van der Waals surface area (Å²) in [7, 11) is 0. The van der Waals surface area contributed by atoms with Crippen molar-refractivity contribution in [1.82, 2.24) is 0 Å². The molecule has 0 atom stereocenters. The molecule has 0 unspecified atom stereocenters. The summed E-state index contributed by atoms with van der Waals surface area (Å²) >= 11 is 0. The standard InChI is InChI=1S/C27H25N3O4/c1-3-33-23-13-11-22(12-14-23)29-27(32)21(17-28)15-20-8-6-9-24(16-20)34-18-26(31)30-25-10-5-4-7-19(25)2/h4-16H,3,18H2,1-2H3,(H,29,32)(H,30,31)/b21-15+. The summed E-state index contributed by atoms with van der Waals surface area (Å²) in [4.78, 5) is 24.8. The van der Waals surface area contributed by atoms with Gasteiger partial charge in [-0.15, -0.1) is 0 Å². The fraction of sp³-hybridized carbons (Fsp3) is 0.148. The molecule has 0 aliphatic heterocycles. The Hall–Kier alpha value is -4.57. The van der Waals surface area contributed by atoms with Crippen LogP contribution in [0.4, 0.5) is 11.4 Å². The van der Waals surface area contributed by atoms with Crippen molar-refractivity contribution in [1.29, 1.82) is 5.26 Å². The Kier molecular flexibility index (Phi) is 8.42. The molecule has 0 aromatic heterocycles. The zero-order valence-electron chi connectivity index (χ0n) is 19.0. The molecule has 0 saturated heterocycles. The van der Waals surface area contributed by atoms with Crippen molar-refractivity contribution < 1.29 is 19.1 Å². The van der Waals surface area contributed by atoms with E-state index in [0.29, 0.717) is 29.4 Å². The molecule has 3 aromatic rings. The number of carbonyl (C=O) groups excluding carboxylic acids is 2. The number of anilines is 2. The summed E-state index contributed by atoms with van der Waals surface area (Å²) in [5, 5.41) is 15.0. The minimum absolute atomic E-state index is 0.0664. The summed E-state index contributed by atoms with van der Waals surface area (Å²) in [6.07, 6.45) is 1.46. The minimum atomic E-state index is -0.532. The SMILES string of the molecule is CCOc1ccc(NC(=O)/C(C#N)=C/c2cccc(OCC(=O)Nc3ccccc3C)c2)cc1. The van der Waals surface area contributed by atoms with Gasteiger partial charge in [-0.05, 0) is 73.5 Å². The molecule has 0 radical (unpaired) electrons. The number of hydrogen-bond donors (Lipinski definition) is 2. The van der Waals surface area contributed by atoms with Gasteiger partial charge in [0.2, 0.25) is 0 Å². The first-order valence-corrected chi connectivity index (χ1v) is 10.7. The van der Waals surface area contributed by atoms with Crippen molar-refractivity contribution in [3.05, 3.63) is 89.5 Å². The van der Waals surface area contributed by atoms with Crippen molar-refractivity contribution in [3.8, 4) is 17.6 Å². The average Bonchev–Trinajstić information content (AvgIpc) is 2.84. The lowest BCUT2D eigenvalue weighted by molar-refractivity contribution is -0.118. The van der Waals surface area contributed by atoms with Crippen LogP contribution in [0.15, 0.2) is 78.4 Å². The average molecular weight is 456 g/mol. The van der Waals surface area contributed by atoms with Crippen molar-refractivity contribution >= 4 is 29.3 Å². The van der Waals surface area contributed by atoms with Crippen molar-refractivity contribution in [3.63, 3.8) is 0 Å². The van der Waals surface area contributed by atoms with Crippen LogP contribution >= 0.6 is 0 Å². The van der Waals surface area contributed by atoms with E-state index in [2.05, 4.69) is 10.6 Å². The summed E-state index contributed by atoms with van der Waals surface area (Å²) in [6, 6.07) is 23.1. The summed E-state index contributed by atoms with van der Waals surface area (Å²) in [6.45, 7) is 4.17. The van der Waals surface area contributed by atoms with E-state index in [1.807, 2.05) is 44.2 Å². The highest BCUT2D eigenvalue weighted by atomic mass is 16.5. The van der Waals surface area contributed by atoms with Crippen LogP contribution in [-0.2, 0) is 9.59 Å². The molecule has 0 bridgehead atoms. The lowest BCUT2D eigenvalue weighted by Gasteiger charge is -2.10. The van der Waals surface area contributed by atoms with Crippen molar-refractivity contribution in [2.24, 2.45) is 0 Å². The number of amides is 2. The van der Waals surface area contributed by atoms with Crippen LogP contribution in [0.3, 0.4) is 0 Å². The first-order valence-electron chi connectivity index (χ1n) is 10.7. The molecule has 2 N–H and O–H groups in total. The summed E-state index contributed by atoms with van der Waals surface area (Å²) in [5.74, 6) is 0.317. The second-order valence-corrected chi connectivity index (χ2v) is 7.31. The number of rotatable bonds is 9. The molecule has 34 heavy (non-hydrogen) atoms. The highest BCUT2D eigenvalue weighted by Gasteiger charge is 2.11. The lowest BCUT2D eigenvalue weighted by atomic mass is 10.1. The number of nitrogens with zero attached hydrogens (tertiary/aromatic N) is 1. The van der Waals surface area contributed by atoms with E-state index in [1.54, 1.807) is 48.5 Å². The molecule has 3 rings (SSSR count). The van der Waals surface area contributed by atoms with Gasteiger partial charge in [0.25, 0.3) is 11.8 Å². The molecule has 0 aliphatic rings. The molecule has 3 aromatic carbocycles. The van der Waals surface area contributed by atoms with Gasteiger partial charge in [-0.3, -0.25) is 9.59 Å². The first-order chi connectivity index (χ1) is 16.5. The topological polar surface area (TPSA) is 100 Å². The maximum Gasteiger partial charge on any atom is 0.266 e. The predicted octanol–water partition coefficient (Wildman–Crippen LogP) is 4.96. The highest BCUT2D eigenvalue weighted by molar-refractivity contribution is 6.09. The molecule has 0 aliphatic carbocycles. The number of hydrogen-bond acceptors (Lipinski definition) is 5. The first kappa shape index (κ1) is 24.1. The lowest BCUT2D eigenvalue weighted by Crippen LogP contribution is -2.20. The number of para-hydroxylation sites is 1. The molecule has 0 heterocycles. The molecule has 7 heteroatoms. The second-order valence-electron chi connectivity index (χ2n) is 7.31. The zero-order valence-corrected chi connectivity index (χ0v) is 19.0. The molecule has 0 saturated carbocycles. The van der Waals surface area contributed by atoms with E-state index in [1.165, 1.54) is 6.08 Å². The van der Waals surface area contributed by atoms with Crippen LogP contribution < -0.4 is 20.1 Å². The van der Waals surface area contributed by atoms with Gasteiger partial charge in [0, 0.05) is 11.4 Å². The third kappa shape index (κ3) is 6.97. The van der Waals surface area contributed by atoms with Crippen molar-refractivity contribution in [2.45, 2.75) is 13.8 Å². The zero-order chi connectivity index (χ0) is 24.3. The van der Waals surface area contributed by atoms with Crippen molar-refractivity contribution in [2.75, 3.05) is 23.8 Å². The molecule has 7 nitrogen and oxygen atoms in total. The van der Waals surface area contributed by atoms with E-state index in [4.69, 9.17) is 9.47 Å². The van der Waals surface area contributed by atoms with E-state index < -0.39 is 5.91 Å². The number of nitriles is 1. The fourth-order valence-corrected chi connectivity index (χ4v) is 3.06. The Morgan fingerprint density at radius 2 is 1.71 bits per heavy atom. The van der Waals surface area contributed by atoms with Crippen LogP contribution in [0.2, 0.25) is 0 Å². The molecule has 0 spiro atoms. The highest BCUT2D eigenvalue weighted by Crippen LogP contribution is 2.19. The predicted molar refractivity (Wildman–Crippen MR) is 132 cm³/mol. The third-order valence-electron chi connectivity index (χ3n) is 4.75. The molecule has 2 amide bonds. The summed E-state index contributed by atoms with van der Waals surface area (Å²) in [5.41, 5.74) is 2.76. The monoisotopic (exact) mass is 455 g/mol. The van der Waals surface area contributed by atoms with Gasteiger partial charge in [0.05, 0.1) is 6.61 Å². The maximum absolute atomic E-state index is 12.5. The Bertz CT molecular complexity index is 1230. The molecule has 172 valence electrons. The quantitative estimate of drug-likeness (QED) is 0.351. The number of benzene rings is 3. The number of ether oxygens (including phenoxy) is 2. The number of aryl methyl sites for hydroxylation is 1. The maximum atomic E-state index is 12.5. The molecular formula is C27H25N3O4. The van der Waals surface area contributed by atoms with Gasteiger partial charge in [0.1, 0.15) is 23.1 Å². The van der Waals surface area contributed by atoms with Crippen LogP contribution in [0.25, 0.3) is 6.08 Å². The fourth-order valence-electron chi connectivity index (χ4n) is 3.06. The number of carbonyl (C=O) groups is 2.